The van der Waals surface area contributed by atoms with Crippen LogP contribution in [0, 0.1) is 52.3 Å². The van der Waals surface area contributed by atoms with Gasteiger partial charge in [0.15, 0.2) is 0 Å². The second-order valence-electron chi connectivity index (χ2n) is 15.8. The van der Waals surface area contributed by atoms with E-state index in [1.165, 1.54) is 6.42 Å². The van der Waals surface area contributed by atoms with Gasteiger partial charge in [-0.3, -0.25) is 19.1 Å². The zero-order valence-electron chi connectivity index (χ0n) is 29.2. The summed E-state index contributed by atoms with van der Waals surface area (Å²) in [5.41, 5.74) is -0.0212. The predicted molar refractivity (Wildman–Crippen MR) is 177 cm³/mol. The number of nitrogens with one attached hydrogen (secondary N) is 1. The molecule has 2 N–H and O–H groups in total. The Hall–Kier alpha value is -1.68. The highest BCUT2D eigenvalue weighted by Crippen LogP contribution is 2.68. The smallest absolute Gasteiger partial charge is 0.308 e. The van der Waals surface area contributed by atoms with Gasteiger partial charge in [0.1, 0.15) is 12.7 Å². The topological polar surface area (TPSA) is 136 Å². The maximum atomic E-state index is 12.5. The summed E-state index contributed by atoms with van der Waals surface area (Å²) < 4.78 is 37.1. The van der Waals surface area contributed by atoms with Crippen LogP contribution in [-0.2, 0) is 33.9 Å². The van der Waals surface area contributed by atoms with Crippen LogP contribution in [0.4, 0.5) is 0 Å². The fourth-order valence-corrected chi connectivity index (χ4v) is 11.4. The van der Waals surface area contributed by atoms with Crippen molar-refractivity contribution < 1.29 is 37.4 Å². The lowest BCUT2D eigenvalue weighted by atomic mass is 9.43. The maximum absolute atomic E-state index is 12.5. The Balaban J connectivity index is 1.28. The molecular formula is C36H61NO8S. The molecule has 9 nitrogen and oxygen atoms in total. The molecule has 11 unspecified atom stereocenters. The molecule has 0 radical (unpaired) electrons. The number of carbonyl (C=O) groups is 3. The van der Waals surface area contributed by atoms with Crippen molar-refractivity contribution in [1.29, 1.82) is 0 Å². The Kier molecular flexibility index (Phi) is 12.3. The maximum Gasteiger partial charge on any atom is 0.308 e. The molecule has 4 rings (SSSR count). The molecule has 0 aromatic rings. The highest BCUT2D eigenvalue weighted by Gasteiger charge is 2.63. The first-order chi connectivity index (χ1) is 21.7. The highest BCUT2D eigenvalue weighted by atomic mass is 32.2. The first-order valence-corrected chi connectivity index (χ1v) is 19.9. The normalized spacial score (nSPS) is 36.8. The number of hydrogen-bond donors (Lipinski definition) is 2. The SMILES string of the molecule is CCCCS(=O)(=O)NC(=O)CCOC(=O)CCC(C)C1CCC2C3CCC4CC(OC(=O)C(C)CC)CCC4(C)C3CC(O)C12C. The fourth-order valence-electron chi connectivity index (χ4n) is 10.2. The predicted octanol–water partition coefficient (Wildman–Crippen LogP) is 6.17. The molecule has 4 aliphatic carbocycles. The summed E-state index contributed by atoms with van der Waals surface area (Å²) in [6.45, 7) is 12.6. The molecule has 0 spiro atoms. The average molecular weight is 668 g/mol. The first kappa shape index (κ1) is 37.1. The molecule has 11 atom stereocenters. The number of fused-ring (bicyclic) bond motifs is 5. The van der Waals surface area contributed by atoms with Gasteiger partial charge in [0, 0.05) is 6.42 Å². The van der Waals surface area contributed by atoms with Gasteiger partial charge in [-0.25, -0.2) is 8.42 Å². The van der Waals surface area contributed by atoms with E-state index in [9.17, 15) is 27.9 Å². The minimum absolute atomic E-state index is 0.0159. The zero-order valence-corrected chi connectivity index (χ0v) is 30.0. The van der Waals surface area contributed by atoms with Crippen molar-refractivity contribution in [3.05, 3.63) is 0 Å². The Morgan fingerprint density at radius 1 is 0.978 bits per heavy atom. The van der Waals surface area contributed by atoms with Crippen LogP contribution in [0.25, 0.3) is 0 Å². The number of hydrogen-bond acceptors (Lipinski definition) is 8. The number of rotatable bonds is 14. The van der Waals surface area contributed by atoms with E-state index in [4.69, 9.17) is 9.47 Å². The second kappa shape index (κ2) is 15.3. The van der Waals surface area contributed by atoms with Crippen molar-refractivity contribution in [2.45, 2.75) is 144 Å². The quantitative estimate of drug-likeness (QED) is 0.210. The molecule has 264 valence electrons. The number of sulfonamides is 1. The molecular weight excluding hydrogens is 606 g/mol. The van der Waals surface area contributed by atoms with E-state index in [-0.39, 0.29) is 72.0 Å². The minimum atomic E-state index is -3.65. The number of esters is 2. The number of amides is 1. The summed E-state index contributed by atoms with van der Waals surface area (Å²) in [6.07, 6.45) is 10.5. The summed E-state index contributed by atoms with van der Waals surface area (Å²) in [5, 5.41) is 11.9. The highest BCUT2D eigenvalue weighted by molar-refractivity contribution is 7.90. The molecule has 1 amide bonds. The lowest BCUT2D eigenvalue weighted by molar-refractivity contribution is -0.183. The molecule has 4 fully saturated rings. The third-order valence-corrected chi connectivity index (χ3v) is 14.6. The van der Waals surface area contributed by atoms with Crippen LogP contribution in [-0.4, -0.2) is 55.9 Å². The molecule has 0 heterocycles. The first-order valence-electron chi connectivity index (χ1n) is 18.2. The molecule has 4 saturated carbocycles. The van der Waals surface area contributed by atoms with Crippen molar-refractivity contribution in [3.8, 4) is 0 Å². The van der Waals surface area contributed by atoms with Crippen LogP contribution in [0.5, 0.6) is 0 Å². The van der Waals surface area contributed by atoms with Gasteiger partial charge >= 0.3 is 11.9 Å². The van der Waals surface area contributed by atoms with Crippen LogP contribution >= 0.6 is 0 Å². The van der Waals surface area contributed by atoms with E-state index in [1.54, 1.807) is 0 Å². The average Bonchev–Trinajstić information content (AvgIpc) is 3.37. The third-order valence-electron chi connectivity index (χ3n) is 13.2. The lowest BCUT2D eigenvalue weighted by Gasteiger charge is -2.62. The van der Waals surface area contributed by atoms with Crippen LogP contribution < -0.4 is 4.72 Å². The van der Waals surface area contributed by atoms with Gasteiger partial charge in [0.05, 0.1) is 24.2 Å². The van der Waals surface area contributed by atoms with Gasteiger partial charge in [-0.05, 0) is 117 Å². The van der Waals surface area contributed by atoms with Crippen LogP contribution in [0.2, 0.25) is 0 Å². The van der Waals surface area contributed by atoms with E-state index in [0.29, 0.717) is 48.9 Å². The van der Waals surface area contributed by atoms with Crippen LogP contribution in [0.15, 0.2) is 0 Å². The summed E-state index contributed by atoms with van der Waals surface area (Å²) in [4.78, 5) is 37.0. The minimum Gasteiger partial charge on any atom is -0.465 e. The largest absolute Gasteiger partial charge is 0.465 e. The van der Waals surface area contributed by atoms with E-state index in [0.717, 1.165) is 51.4 Å². The number of aliphatic hydroxyl groups excluding tert-OH is 1. The Morgan fingerprint density at radius 3 is 2.41 bits per heavy atom. The van der Waals surface area contributed by atoms with Crippen molar-refractivity contribution in [2.75, 3.05) is 12.4 Å². The van der Waals surface area contributed by atoms with E-state index >= 15 is 0 Å². The summed E-state index contributed by atoms with van der Waals surface area (Å²) in [6, 6.07) is 0. The van der Waals surface area contributed by atoms with E-state index < -0.39 is 15.9 Å². The van der Waals surface area contributed by atoms with Crippen molar-refractivity contribution in [2.24, 2.45) is 52.3 Å². The Morgan fingerprint density at radius 2 is 1.72 bits per heavy atom. The number of ether oxygens (including phenoxy) is 2. The van der Waals surface area contributed by atoms with Gasteiger partial charge in [-0.15, -0.1) is 0 Å². The van der Waals surface area contributed by atoms with Gasteiger partial charge in [-0.1, -0.05) is 48.0 Å². The standard InChI is InChI=1S/C36H61NO8S/c1-7-9-20-46(42,43)37-32(39)17-19-44-33(40)15-10-24(4)28-13-14-29-27-12-11-25-21-26(45-34(41)23(3)8-2)16-18-35(25,5)30(27)22-31(38)36(28,29)6/h23-31,38H,7-22H2,1-6H3,(H,37,39). The van der Waals surface area contributed by atoms with E-state index in [1.807, 2.05) is 25.5 Å². The molecule has 4 aliphatic rings. The van der Waals surface area contributed by atoms with Crippen LogP contribution in [0.3, 0.4) is 0 Å². The van der Waals surface area contributed by atoms with Gasteiger partial charge in [0.25, 0.3) is 0 Å². The molecule has 0 saturated heterocycles. The molecule has 0 aliphatic heterocycles. The summed E-state index contributed by atoms with van der Waals surface area (Å²) >= 11 is 0. The summed E-state index contributed by atoms with van der Waals surface area (Å²) in [7, 11) is -3.65. The van der Waals surface area contributed by atoms with Gasteiger partial charge in [0.2, 0.25) is 15.9 Å². The number of unbranched alkanes of at least 4 members (excludes halogenated alkanes) is 1. The van der Waals surface area contributed by atoms with Crippen LogP contribution in [0.1, 0.15) is 131 Å². The third kappa shape index (κ3) is 7.95. The van der Waals surface area contributed by atoms with Crippen molar-refractivity contribution >= 4 is 27.9 Å². The van der Waals surface area contributed by atoms with Crippen molar-refractivity contribution in [1.82, 2.24) is 4.72 Å². The molecule has 0 bridgehead atoms. The monoisotopic (exact) mass is 667 g/mol. The molecule has 0 aromatic carbocycles. The molecule has 0 aromatic heterocycles. The van der Waals surface area contributed by atoms with E-state index in [2.05, 4.69) is 20.8 Å². The Labute approximate surface area is 277 Å². The zero-order chi connectivity index (χ0) is 33.9. The van der Waals surface area contributed by atoms with Gasteiger partial charge < -0.3 is 14.6 Å². The van der Waals surface area contributed by atoms with Crippen molar-refractivity contribution in [3.63, 3.8) is 0 Å². The fraction of sp³-hybridized carbons (Fsp3) is 0.917. The number of aliphatic hydroxyl groups is 1. The molecule has 10 heteroatoms. The second-order valence-corrected chi connectivity index (χ2v) is 17.6. The number of carbonyl (C=O) groups excluding carboxylic acids is 3. The summed E-state index contributed by atoms with van der Waals surface area (Å²) in [5.74, 6) is 1.36. The molecule has 46 heavy (non-hydrogen) atoms. The lowest BCUT2D eigenvalue weighted by Crippen LogP contribution is -2.59. The van der Waals surface area contributed by atoms with Gasteiger partial charge in [-0.2, -0.15) is 0 Å². The Bertz CT molecular complexity index is 1190.